The van der Waals surface area contributed by atoms with Gasteiger partial charge in [-0.25, -0.2) is 0 Å². The lowest BCUT2D eigenvalue weighted by Crippen LogP contribution is -2.18. The van der Waals surface area contributed by atoms with Gasteiger partial charge in [-0.2, -0.15) is 5.26 Å². The Kier molecular flexibility index (Phi) is 2.74. The second kappa shape index (κ2) is 3.45. The SMILES string of the molecule is CN1CCC(CC(C)(C)C#N)C1. The van der Waals surface area contributed by atoms with Gasteiger partial charge in [0.2, 0.25) is 0 Å². The van der Waals surface area contributed by atoms with E-state index in [-0.39, 0.29) is 5.41 Å². The molecule has 1 aliphatic heterocycles. The van der Waals surface area contributed by atoms with Crippen LogP contribution < -0.4 is 0 Å². The number of hydrogen-bond acceptors (Lipinski definition) is 2. The van der Waals surface area contributed by atoms with E-state index in [2.05, 4.69) is 18.0 Å². The van der Waals surface area contributed by atoms with Crippen LogP contribution in [-0.4, -0.2) is 25.0 Å². The van der Waals surface area contributed by atoms with Crippen molar-refractivity contribution >= 4 is 0 Å². The lowest BCUT2D eigenvalue weighted by Gasteiger charge is -2.19. The third-order valence-corrected chi connectivity index (χ3v) is 2.59. The predicted octanol–water partition coefficient (Wildman–Crippen LogP) is 1.88. The highest BCUT2D eigenvalue weighted by molar-refractivity contribution is 4.94. The van der Waals surface area contributed by atoms with Crippen molar-refractivity contribution in [2.45, 2.75) is 26.7 Å². The molecule has 1 atom stereocenters. The van der Waals surface area contributed by atoms with E-state index in [1.807, 2.05) is 13.8 Å². The van der Waals surface area contributed by atoms with Crippen LogP contribution in [0.5, 0.6) is 0 Å². The van der Waals surface area contributed by atoms with Crippen molar-refractivity contribution in [3.8, 4) is 6.07 Å². The molecule has 1 heterocycles. The molecule has 2 heteroatoms. The molecule has 0 bridgehead atoms. The molecule has 68 valence electrons. The minimum Gasteiger partial charge on any atom is -0.306 e. The third-order valence-electron chi connectivity index (χ3n) is 2.59. The highest BCUT2D eigenvalue weighted by atomic mass is 15.1. The van der Waals surface area contributed by atoms with Crippen molar-refractivity contribution in [2.24, 2.45) is 11.3 Å². The van der Waals surface area contributed by atoms with Crippen molar-refractivity contribution in [1.82, 2.24) is 4.90 Å². The van der Waals surface area contributed by atoms with Gasteiger partial charge >= 0.3 is 0 Å². The van der Waals surface area contributed by atoms with E-state index in [9.17, 15) is 0 Å². The molecule has 12 heavy (non-hydrogen) atoms. The third kappa shape index (κ3) is 2.49. The van der Waals surface area contributed by atoms with Gasteiger partial charge in [0, 0.05) is 6.54 Å². The highest BCUT2D eigenvalue weighted by Crippen LogP contribution is 2.29. The summed E-state index contributed by atoms with van der Waals surface area (Å²) in [7, 11) is 2.15. The number of rotatable bonds is 2. The molecular formula is C10H18N2. The number of nitriles is 1. The monoisotopic (exact) mass is 166 g/mol. The summed E-state index contributed by atoms with van der Waals surface area (Å²) in [5, 5.41) is 8.86. The molecule has 0 saturated carbocycles. The molecule has 1 saturated heterocycles. The maximum atomic E-state index is 8.86. The molecule has 0 aromatic heterocycles. The maximum Gasteiger partial charge on any atom is 0.0684 e. The van der Waals surface area contributed by atoms with Crippen molar-refractivity contribution in [3.63, 3.8) is 0 Å². The van der Waals surface area contributed by atoms with Gasteiger partial charge in [-0.05, 0) is 46.2 Å². The summed E-state index contributed by atoms with van der Waals surface area (Å²) in [6.45, 7) is 6.44. The van der Waals surface area contributed by atoms with Crippen LogP contribution in [0.4, 0.5) is 0 Å². The van der Waals surface area contributed by atoms with Crippen LogP contribution in [0.25, 0.3) is 0 Å². The quantitative estimate of drug-likeness (QED) is 0.626. The maximum absolute atomic E-state index is 8.86. The van der Waals surface area contributed by atoms with Crippen LogP contribution in [0, 0.1) is 22.7 Å². The molecule has 0 N–H and O–H groups in total. The van der Waals surface area contributed by atoms with Crippen molar-refractivity contribution < 1.29 is 0 Å². The van der Waals surface area contributed by atoms with Gasteiger partial charge < -0.3 is 4.90 Å². The molecule has 0 amide bonds. The fourth-order valence-corrected chi connectivity index (χ4v) is 1.96. The van der Waals surface area contributed by atoms with Crippen LogP contribution >= 0.6 is 0 Å². The summed E-state index contributed by atoms with van der Waals surface area (Å²) in [5.41, 5.74) is -0.129. The van der Waals surface area contributed by atoms with Crippen LogP contribution in [0.15, 0.2) is 0 Å². The standard InChI is InChI=1S/C10H18N2/c1-10(2,8-11)6-9-4-5-12(3)7-9/h9H,4-7H2,1-3H3. The summed E-state index contributed by atoms with van der Waals surface area (Å²) >= 11 is 0. The zero-order chi connectivity index (χ0) is 9.19. The Labute approximate surface area is 75.2 Å². The first-order valence-electron chi connectivity index (χ1n) is 4.63. The summed E-state index contributed by atoms with van der Waals surface area (Å²) in [5.74, 6) is 0.740. The van der Waals surface area contributed by atoms with Gasteiger partial charge in [0.15, 0.2) is 0 Å². The summed E-state index contributed by atoms with van der Waals surface area (Å²) < 4.78 is 0. The molecule has 1 aliphatic rings. The van der Waals surface area contributed by atoms with Gasteiger partial charge in [0.05, 0.1) is 11.5 Å². The largest absolute Gasteiger partial charge is 0.306 e. The summed E-state index contributed by atoms with van der Waals surface area (Å²) in [4.78, 5) is 2.35. The molecule has 1 fully saturated rings. The Bertz CT molecular complexity index is 191. The Hall–Kier alpha value is -0.550. The number of nitrogens with zero attached hydrogens (tertiary/aromatic N) is 2. The fourth-order valence-electron chi connectivity index (χ4n) is 1.96. The van der Waals surface area contributed by atoms with Gasteiger partial charge in [-0.3, -0.25) is 0 Å². The van der Waals surface area contributed by atoms with E-state index in [0.29, 0.717) is 0 Å². The first kappa shape index (κ1) is 9.54. The first-order chi connectivity index (χ1) is 5.53. The Morgan fingerprint density at radius 2 is 2.25 bits per heavy atom. The molecule has 0 aliphatic carbocycles. The average molecular weight is 166 g/mol. The second-order valence-corrected chi connectivity index (χ2v) is 4.62. The van der Waals surface area contributed by atoms with Gasteiger partial charge in [0.25, 0.3) is 0 Å². The molecule has 2 nitrogen and oxygen atoms in total. The zero-order valence-electron chi connectivity index (χ0n) is 8.30. The Morgan fingerprint density at radius 3 is 2.67 bits per heavy atom. The van der Waals surface area contributed by atoms with Crippen LogP contribution in [0.3, 0.4) is 0 Å². The molecule has 1 unspecified atom stereocenters. The van der Waals surface area contributed by atoms with Crippen LogP contribution in [-0.2, 0) is 0 Å². The topological polar surface area (TPSA) is 27.0 Å². The van der Waals surface area contributed by atoms with E-state index >= 15 is 0 Å². The van der Waals surface area contributed by atoms with E-state index in [0.717, 1.165) is 12.3 Å². The van der Waals surface area contributed by atoms with Crippen molar-refractivity contribution in [3.05, 3.63) is 0 Å². The highest BCUT2D eigenvalue weighted by Gasteiger charge is 2.27. The normalized spacial score (nSPS) is 25.7. The summed E-state index contributed by atoms with van der Waals surface area (Å²) in [6, 6.07) is 2.36. The van der Waals surface area contributed by atoms with E-state index < -0.39 is 0 Å². The number of hydrogen-bond donors (Lipinski definition) is 0. The Balaban J connectivity index is 2.38. The van der Waals surface area contributed by atoms with E-state index in [1.54, 1.807) is 0 Å². The molecule has 0 spiro atoms. The van der Waals surface area contributed by atoms with E-state index in [1.165, 1.54) is 19.5 Å². The fraction of sp³-hybridized carbons (Fsp3) is 0.900. The molecule has 1 rings (SSSR count). The zero-order valence-corrected chi connectivity index (χ0v) is 8.30. The minimum absolute atomic E-state index is 0.129. The van der Waals surface area contributed by atoms with Gasteiger partial charge in [-0.15, -0.1) is 0 Å². The predicted molar refractivity (Wildman–Crippen MR) is 49.6 cm³/mol. The lowest BCUT2D eigenvalue weighted by atomic mass is 9.84. The molecule has 0 aromatic rings. The van der Waals surface area contributed by atoms with Gasteiger partial charge in [-0.1, -0.05) is 0 Å². The average Bonchev–Trinajstić information content (AvgIpc) is 2.35. The first-order valence-corrected chi connectivity index (χ1v) is 4.63. The smallest absolute Gasteiger partial charge is 0.0684 e. The second-order valence-electron chi connectivity index (χ2n) is 4.62. The van der Waals surface area contributed by atoms with Gasteiger partial charge in [0.1, 0.15) is 0 Å². The minimum atomic E-state index is -0.129. The van der Waals surface area contributed by atoms with Crippen LogP contribution in [0.2, 0.25) is 0 Å². The van der Waals surface area contributed by atoms with Crippen molar-refractivity contribution in [2.75, 3.05) is 20.1 Å². The lowest BCUT2D eigenvalue weighted by molar-refractivity contribution is 0.327. The number of likely N-dealkylation sites (tertiary alicyclic amines) is 1. The Morgan fingerprint density at radius 1 is 1.58 bits per heavy atom. The van der Waals surface area contributed by atoms with Crippen molar-refractivity contribution in [1.29, 1.82) is 5.26 Å². The van der Waals surface area contributed by atoms with Crippen LogP contribution in [0.1, 0.15) is 26.7 Å². The molecule has 0 radical (unpaired) electrons. The van der Waals surface area contributed by atoms with E-state index in [4.69, 9.17) is 5.26 Å². The molecule has 0 aromatic carbocycles. The molecular weight excluding hydrogens is 148 g/mol. The summed E-state index contributed by atoms with van der Waals surface area (Å²) in [6.07, 6.45) is 2.31.